The zero-order valence-electron chi connectivity index (χ0n) is 12.8. The third-order valence-corrected chi connectivity index (χ3v) is 3.40. The van der Waals surface area contributed by atoms with Crippen molar-refractivity contribution in [2.75, 3.05) is 12.4 Å². The van der Waals surface area contributed by atoms with Gasteiger partial charge in [-0.25, -0.2) is 9.37 Å². The molecule has 6 nitrogen and oxygen atoms in total. The van der Waals surface area contributed by atoms with Crippen LogP contribution in [0.5, 0.6) is 5.75 Å². The second-order valence-corrected chi connectivity index (χ2v) is 5.06. The van der Waals surface area contributed by atoms with Gasteiger partial charge in [-0.1, -0.05) is 5.16 Å². The predicted molar refractivity (Wildman–Crippen MR) is 82.2 cm³/mol. The molecule has 1 N–H and O–H groups in total. The van der Waals surface area contributed by atoms with E-state index in [9.17, 15) is 9.18 Å². The van der Waals surface area contributed by atoms with Crippen LogP contribution in [0.1, 0.15) is 21.7 Å². The lowest BCUT2D eigenvalue weighted by molar-refractivity contribution is 0.102. The molecule has 118 valence electrons. The van der Waals surface area contributed by atoms with E-state index in [1.54, 1.807) is 19.9 Å². The van der Waals surface area contributed by atoms with Crippen molar-refractivity contribution >= 4 is 22.7 Å². The van der Waals surface area contributed by atoms with Crippen LogP contribution in [0.15, 0.2) is 28.8 Å². The Morgan fingerprint density at radius 2 is 2.09 bits per heavy atom. The number of carbonyl (C=O) groups excluding carboxylic acids is 1. The average molecular weight is 315 g/mol. The number of carbonyl (C=O) groups is 1. The molecule has 2 aromatic heterocycles. The second-order valence-electron chi connectivity index (χ2n) is 5.06. The van der Waals surface area contributed by atoms with E-state index in [2.05, 4.69) is 15.5 Å². The van der Waals surface area contributed by atoms with Gasteiger partial charge in [-0.15, -0.1) is 0 Å². The topological polar surface area (TPSA) is 77.2 Å². The number of anilines is 1. The molecule has 0 fully saturated rings. The second kappa shape index (κ2) is 5.68. The maximum Gasteiger partial charge on any atom is 0.258 e. The Labute approximate surface area is 131 Å². The molecular weight excluding hydrogens is 301 g/mol. The molecule has 1 amide bonds. The van der Waals surface area contributed by atoms with Gasteiger partial charge in [0, 0.05) is 11.8 Å². The number of pyridine rings is 1. The van der Waals surface area contributed by atoms with Gasteiger partial charge in [-0.05, 0) is 32.0 Å². The first-order chi connectivity index (χ1) is 11.0. The van der Waals surface area contributed by atoms with Crippen molar-refractivity contribution in [2.24, 2.45) is 0 Å². The van der Waals surface area contributed by atoms with Gasteiger partial charge in [-0.2, -0.15) is 0 Å². The summed E-state index contributed by atoms with van der Waals surface area (Å²) in [4.78, 5) is 16.8. The molecule has 23 heavy (non-hydrogen) atoms. The van der Waals surface area contributed by atoms with Crippen molar-refractivity contribution in [1.29, 1.82) is 0 Å². The van der Waals surface area contributed by atoms with Crippen LogP contribution in [0, 0.1) is 19.7 Å². The minimum Gasteiger partial charge on any atom is -0.494 e. The van der Waals surface area contributed by atoms with Crippen molar-refractivity contribution in [2.45, 2.75) is 13.8 Å². The molecule has 0 saturated carbocycles. The SMILES string of the molecule is COc1cc(F)ccc1NC(=O)c1cc(C)nc2onc(C)c12. The highest BCUT2D eigenvalue weighted by Gasteiger charge is 2.19. The van der Waals surface area contributed by atoms with Crippen molar-refractivity contribution in [3.8, 4) is 5.75 Å². The lowest BCUT2D eigenvalue weighted by Gasteiger charge is -2.11. The predicted octanol–water partition coefficient (Wildman–Crippen LogP) is 3.24. The van der Waals surface area contributed by atoms with E-state index in [1.807, 2.05) is 0 Å². The van der Waals surface area contributed by atoms with Gasteiger partial charge in [-0.3, -0.25) is 4.79 Å². The summed E-state index contributed by atoms with van der Waals surface area (Å²) in [7, 11) is 1.41. The lowest BCUT2D eigenvalue weighted by atomic mass is 10.1. The minimum atomic E-state index is -0.447. The van der Waals surface area contributed by atoms with Crippen LogP contribution in [-0.4, -0.2) is 23.2 Å². The number of benzene rings is 1. The number of ether oxygens (including phenoxy) is 1. The van der Waals surface area contributed by atoms with Gasteiger partial charge < -0.3 is 14.6 Å². The Morgan fingerprint density at radius 1 is 1.30 bits per heavy atom. The number of hydrogen-bond acceptors (Lipinski definition) is 5. The molecule has 0 aliphatic heterocycles. The van der Waals surface area contributed by atoms with Gasteiger partial charge in [0.1, 0.15) is 11.6 Å². The summed E-state index contributed by atoms with van der Waals surface area (Å²) >= 11 is 0. The maximum atomic E-state index is 13.2. The van der Waals surface area contributed by atoms with Crippen molar-refractivity contribution in [1.82, 2.24) is 10.1 Å². The Bertz CT molecular complexity index is 905. The van der Waals surface area contributed by atoms with E-state index in [-0.39, 0.29) is 11.7 Å². The van der Waals surface area contributed by atoms with Crippen LogP contribution >= 0.6 is 0 Å². The summed E-state index contributed by atoms with van der Waals surface area (Å²) in [6, 6.07) is 5.54. The number of fused-ring (bicyclic) bond motifs is 1. The van der Waals surface area contributed by atoms with Gasteiger partial charge in [0.15, 0.2) is 0 Å². The van der Waals surface area contributed by atoms with Crippen LogP contribution < -0.4 is 10.1 Å². The van der Waals surface area contributed by atoms with E-state index in [4.69, 9.17) is 9.26 Å². The van der Waals surface area contributed by atoms with Crippen molar-refractivity contribution < 1.29 is 18.4 Å². The first-order valence-electron chi connectivity index (χ1n) is 6.88. The van der Waals surface area contributed by atoms with Crippen LogP contribution in [0.2, 0.25) is 0 Å². The number of halogens is 1. The molecule has 0 unspecified atom stereocenters. The summed E-state index contributed by atoms with van der Waals surface area (Å²) < 4.78 is 23.4. The van der Waals surface area contributed by atoms with E-state index in [0.29, 0.717) is 33.7 Å². The number of amides is 1. The molecule has 0 spiro atoms. The zero-order valence-corrected chi connectivity index (χ0v) is 12.8. The van der Waals surface area contributed by atoms with Gasteiger partial charge in [0.05, 0.1) is 29.4 Å². The average Bonchev–Trinajstić information content (AvgIpc) is 2.89. The summed E-state index contributed by atoms with van der Waals surface area (Å²) in [5.74, 6) is -0.587. The van der Waals surface area contributed by atoms with Crippen molar-refractivity contribution in [3.05, 3.63) is 47.0 Å². The van der Waals surface area contributed by atoms with Gasteiger partial charge in [0.25, 0.3) is 11.6 Å². The molecule has 0 atom stereocenters. The third kappa shape index (κ3) is 2.73. The number of aromatic nitrogens is 2. The largest absolute Gasteiger partial charge is 0.494 e. The standard InChI is InChI=1S/C16H14FN3O3/c1-8-6-11(14-9(2)20-23-16(14)18-8)15(21)19-12-5-4-10(17)7-13(12)22-3/h4-7H,1-3H3,(H,19,21). The molecular formula is C16H14FN3O3. The Kier molecular flexibility index (Phi) is 3.69. The van der Waals surface area contributed by atoms with Gasteiger partial charge >= 0.3 is 0 Å². The third-order valence-electron chi connectivity index (χ3n) is 3.40. The molecule has 7 heteroatoms. The smallest absolute Gasteiger partial charge is 0.258 e. The quantitative estimate of drug-likeness (QED) is 0.803. The van der Waals surface area contributed by atoms with Gasteiger partial charge in [0.2, 0.25) is 0 Å². The lowest BCUT2D eigenvalue weighted by Crippen LogP contribution is -2.14. The number of rotatable bonds is 3. The van der Waals surface area contributed by atoms with Crippen LogP contribution in [0.25, 0.3) is 11.1 Å². The first-order valence-corrected chi connectivity index (χ1v) is 6.88. The fraction of sp³-hybridized carbons (Fsp3) is 0.188. The fourth-order valence-corrected chi connectivity index (χ4v) is 2.35. The fourth-order valence-electron chi connectivity index (χ4n) is 2.35. The highest BCUT2D eigenvalue weighted by molar-refractivity contribution is 6.12. The molecule has 0 saturated heterocycles. The molecule has 3 rings (SSSR count). The Hall–Kier alpha value is -2.96. The molecule has 2 heterocycles. The summed E-state index contributed by atoms with van der Waals surface area (Å²) in [5.41, 5.74) is 2.26. The highest BCUT2D eigenvalue weighted by atomic mass is 19.1. The summed E-state index contributed by atoms with van der Waals surface area (Å²) in [5, 5.41) is 7.10. The monoisotopic (exact) mass is 315 g/mol. The van der Waals surface area contributed by atoms with E-state index < -0.39 is 5.82 Å². The van der Waals surface area contributed by atoms with Crippen LogP contribution in [0.4, 0.5) is 10.1 Å². The molecule has 1 aromatic carbocycles. The Morgan fingerprint density at radius 3 is 2.83 bits per heavy atom. The van der Waals surface area contributed by atoms with E-state index in [0.717, 1.165) is 0 Å². The normalized spacial score (nSPS) is 10.8. The Balaban J connectivity index is 2.03. The highest BCUT2D eigenvalue weighted by Crippen LogP contribution is 2.27. The number of nitrogens with one attached hydrogen (secondary N) is 1. The van der Waals surface area contributed by atoms with E-state index >= 15 is 0 Å². The van der Waals surface area contributed by atoms with Crippen LogP contribution in [0.3, 0.4) is 0 Å². The number of methoxy groups -OCH3 is 1. The number of aryl methyl sites for hydroxylation is 2. The zero-order chi connectivity index (χ0) is 16.6. The molecule has 3 aromatic rings. The minimum absolute atomic E-state index is 0.238. The summed E-state index contributed by atoms with van der Waals surface area (Å²) in [6.45, 7) is 3.49. The molecule has 0 aliphatic rings. The number of hydrogen-bond donors (Lipinski definition) is 1. The van der Waals surface area contributed by atoms with E-state index in [1.165, 1.54) is 25.3 Å². The first kappa shape index (κ1) is 15.0. The maximum absolute atomic E-state index is 13.2. The number of nitrogens with zero attached hydrogens (tertiary/aromatic N) is 2. The van der Waals surface area contributed by atoms with Crippen LogP contribution in [-0.2, 0) is 0 Å². The molecule has 0 aliphatic carbocycles. The summed E-state index contributed by atoms with van der Waals surface area (Å²) in [6.07, 6.45) is 0. The molecule has 0 radical (unpaired) electrons. The molecule has 0 bridgehead atoms. The van der Waals surface area contributed by atoms with Crippen molar-refractivity contribution in [3.63, 3.8) is 0 Å².